The Kier molecular flexibility index (Phi) is 6.96. The van der Waals surface area contributed by atoms with Crippen LogP contribution in [0.15, 0.2) is 48.5 Å². The van der Waals surface area contributed by atoms with E-state index in [0.29, 0.717) is 13.1 Å². The third-order valence-corrected chi connectivity index (χ3v) is 5.08. The number of methoxy groups -OCH3 is 1. The number of amides is 1. The number of piperazine rings is 1. The normalized spacial score (nSPS) is 14.8. The van der Waals surface area contributed by atoms with Crippen LogP contribution in [0.1, 0.15) is 5.56 Å². The van der Waals surface area contributed by atoms with Gasteiger partial charge in [0.05, 0.1) is 13.7 Å². The van der Waals surface area contributed by atoms with Crippen molar-refractivity contribution >= 4 is 23.2 Å². The van der Waals surface area contributed by atoms with Gasteiger partial charge in [0, 0.05) is 43.4 Å². The fourth-order valence-corrected chi connectivity index (χ4v) is 3.34. The van der Waals surface area contributed by atoms with E-state index in [1.165, 1.54) is 11.3 Å². The monoisotopic (exact) mass is 387 g/mol. The summed E-state index contributed by atoms with van der Waals surface area (Å²) in [6.07, 6.45) is 0.814. The van der Waals surface area contributed by atoms with Crippen LogP contribution in [0.5, 0.6) is 5.75 Å². The SMILES string of the molecule is COc1ccc(N2CCN(CC(=O)NCCc3ccc(Cl)cc3)CC2)cc1. The van der Waals surface area contributed by atoms with Crippen LogP contribution in [0.2, 0.25) is 5.02 Å². The smallest absolute Gasteiger partial charge is 0.234 e. The van der Waals surface area contributed by atoms with Gasteiger partial charge in [-0.15, -0.1) is 0 Å². The van der Waals surface area contributed by atoms with Crippen LogP contribution < -0.4 is 15.0 Å². The molecule has 1 aliphatic rings. The van der Waals surface area contributed by atoms with Gasteiger partial charge in [0.15, 0.2) is 0 Å². The number of carbonyl (C=O) groups excluding carboxylic acids is 1. The fourth-order valence-electron chi connectivity index (χ4n) is 3.21. The third-order valence-electron chi connectivity index (χ3n) is 4.83. The van der Waals surface area contributed by atoms with Crippen molar-refractivity contribution in [2.75, 3.05) is 51.3 Å². The van der Waals surface area contributed by atoms with E-state index in [2.05, 4.69) is 27.2 Å². The van der Waals surface area contributed by atoms with E-state index in [1.807, 2.05) is 36.4 Å². The Hall–Kier alpha value is -2.24. The molecule has 1 N–H and O–H groups in total. The highest BCUT2D eigenvalue weighted by atomic mass is 35.5. The molecule has 5 nitrogen and oxygen atoms in total. The number of carbonyl (C=O) groups is 1. The Morgan fingerprint density at radius 2 is 1.70 bits per heavy atom. The lowest BCUT2D eigenvalue weighted by Gasteiger charge is -2.35. The van der Waals surface area contributed by atoms with E-state index in [0.717, 1.165) is 43.4 Å². The van der Waals surface area contributed by atoms with Crippen LogP contribution in [0.4, 0.5) is 5.69 Å². The van der Waals surface area contributed by atoms with Crippen LogP contribution in [0.3, 0.4) is 0 Å². The second-order valence-electron chi connectivity index (χ2n) is 6.69. The first-order valence-corrected chi connectivity index (χ1v) is 9.64. The first-order chi connectivity index (χ1) is 13.1. The summed E-state index contributed by atoms with van der Waals surface area (Å²) in [6, 6.07) is 15.9. The second kappa shape index (κ2) is 9.62. The molecular formula is C21H26ClN3O2. The molecule has 0 bridgehead atoms. The molecule has 1 heterocycles. The van der Waals surface area contributed by atoms with Crippen molar-refractivity contribution in [3.8, 4) is 5.75 Å². The Bertz CT molecular complexity index is 726. The van der Waals surface area contributed by atoms with Crippen molar-refractivity contribution in [2.24, 2.45) is 0 Å². The summed E-state index contributed by atoms with van der Waals surface area (Å²) >= 11 is 5.88. The molecule has 0 spiro atoms. The molecule has 0 saturated carbocycles. The summed E-state index contributed by atoms with van der Waals surface area (Å²) < 4.78 is 5.21. The standard InChI is InChI=1S/C21H26ClN3O2/c1-27-20-8-6-19(7-9-20)25-14-12-24(13-15-25)16-21(26)23-11-10-17-2-4-18(22)5-3-17/h2-9H,10-16H2,1H3,(H,23,26). The molecule has 1 aliphatic heterocycles. The van der Waals surface area contributed by atoms with Crippen molar-refractivity contribution in [3.63, 3.8) is 0 Å². The summed E-state index contributed by atoms with van der Waals surface area (Å²) in [6.45, 7) is 4.71. The van der Waals surface area contributed by atoms with Gasteiger partial charge in [0.2, 0.25) is 5.91 Å². The number of nitrogens with zero attached hydrogens (tertiary/aromatic N) is 2. The van der Waals surface area contributed by atoms with Gasteiger partial charge in [-0.3, -0.25) is 9.69 Å². The number of nitrogens with one attached hydrogen (secondary N) is 1. The van der Waals surface area contributed by atoms with E-state index in [-0.39, 0.29) is 5.91 Å². The van der Waals surface area contributed by atoms with Gasteiger partial charge in [0.1, 0.15) is 5.75 Å². The van der Waals surface area contributed by atoms with Crippen molar-refractivity contribution in [2.45, 2.75) is 6.42 Å². The molecule has 1 fully saturated rings. The number of hydrogen-bond donors (Lipinski definition) is 1. The molecule has 144 valence electrons. The van der Waals surface area contributed by atoms with Gasteiger partial charge in [-0.25, -0.2) is 0 Å². The highest BCUT2D eigenvalue weighted by Gasteiger charge is 2.19. The van der Waals surface area contributed by atoms with Crippen LogP contribution in [0, 0.1) is 0 Å². The van der Waals surface area contributed by atoms with E-state index in [1.54, 1.807) is 7.11 Å². The predicted molar refractivity (Wildman–Crippen MR) is 110 cm³/mol. The van der Waals surface area contributed by atoms with Gasteiger partial charge < -0.3 is 15.0 Å². The maximum Gasteiger partial charge on any atom is 0.234 e. The zero-order valence-corrected chi connectivity index (χ0v) is 16.4. The van der Waals surface area contributed by atoms with Crippen molar-refractivity contribution < 1.29 is 9.53 Å². The van der Waals surface area contributed by atoms with E-state index >= 15 is 0 Å². The summed E-state index contributed by atoms with van der Waals surface area (Å²) in [5.74, 6) is 0.953. The highest BCUT2D eigenvalue weighted by Crippen LogP contribution is 2.20. The van der Waals surface area contributed by atoms with Gasteiger partial charge >= 0.3 is 0 Å². The molecular weight excluding hydrogens is 362 g/mol. The second-order valence-corrected chi connectivity index (χ2v) is 7.12. The number of halogens is 1. The van der Waals surface area contributed by atoms with Gasteiger partial charge in [-0.1, -0.05) is 23.7 Å². The van der Waals surface area contributed by atoms with Gasteiger partial charge in [-0.05, 0) is 48.4 Å². The van der Waals surface area contributed by atoms with E-state index in [9.17, 15) is 4.79 Å². The molecule has 1 saturated heterocycles. The van der Waals surface area contributed by atoms with E-state index < -0.39 is 0 Å². The van der Waals surface area contributed by atoms with Crippen LogP contribution in [0.25, 0.3) is 0 Å². The van der Waals surface area contributed by atoms with Crippen LogP contribution >= 0.6 is 11.6 Å². The molecule has 0 aliphatic carbocycles. The first kappa shape index (κ1) is 19.5. The summed E-state index contributed by atoms with van der Waals surface area (Å²) in [7, 11) is 1.67. The van der Waals surface area contributed by atoms with Crippen molar-refractivity contribution in [1.82, 2.24) is 10.2 Å². The average molecular weight is 388 g/mol. The quantitative estimate of drug-likeness (QED) is 0.793. The molecule has 6 heteroatoms. The maximum absolute atomic E-state index is 12.2. The maximum atomic E-state index is 12.2. The molecule has 0 radical (unpaired) electrons. The Balaban J connectivity index is 1.36. The van der Waals surface area contributed by atoms with Crippen LogP contribution in [-0.2, 0) is 11.2 Å². The Labute approximate surface area is 165 Å². The number of hydrogen-bond acceptors (Lipinski definition) is 4. The Morgan fingerprint density at radius 3 is 2.33 bits per heavy atom. The van der Waals surface area contributed by atoms with Gasteiger partial charge in [-0.2, -0.15) is 0 Å². The molecule has 3 rings (SSSR count). The minimum absolute atomic E-state index is 0.0851. The average Bonchev–Trinajstić information content (AvgIpc) is 2.70. The fraction of sp³-hybridized carbons (Fsp3) is 0.381. The van der Waals surface area contributed by atoms with Crippen molar-refractivity contribution in [3.05, 3.63) is 59.1 Å². The summed E-state index contributed by atoms with van der Waals surface area (Å²) in [5.41, 5.74) is 2.37. The molecule has 27 heavy (non-hydrogen) atoms. The summed E-state index contributed by atoms with van der Waals surface area (Å²) in [4.78, 5) is 16.7. The topological polar surface area (TPSA) is 44.8 Å². The summed E-state index contributed by atoms with van der Waals surface area (Å²) in [5, 5.41) is 3.74. The zero-order chi connectivity index (χ0) is 19.1. The largest absolute Gasteiger partial charge is 0.497 e. The lowest BCUT2D eigenvalue weighted by Crippen LogP contribution is -2.49. The van der Waals surface area contributed by atoms with Crippen LogP contribution in [-0.4, -0.2) is 57.2 Å². The zero-order valence-electron chi connectivity index (χ0n) is 15.7. The number of benzene rings is 2. The molecule has 2 aromatic carbocycles. The molecule has 0 aromatic heterocycles. The number of rotatable bonds is 7. The third kappa shape index (κ3) is 5.88. The lowest BCUT2D eigenvalue weighted by atomic mass is 10.1. The lowest BCUT2D eigenvalue weighted by molar-refractivity contribution is -0.122. The Morgan fingerprint density at radius 1 is 1.04 bits per heavy atom. The highest BCUT2D eigenvalue weighted by molar-refractivity contribution is 6.30. The van der Waals surface area contributed by atoms with Crippen molar-refractivity contribution in [1.29, 1.82) is 0 Å². The van der Waals surface area contributed by atoms with Gasteiger partial charge in [0.25, 0.3) is 0 Å². The first-order valence-electron chi connectivity index (χ1n) is 9.26. The minimum atomic E-state index is 0.0851. The predicted octanol–water partition coefficient (Wildman–Crippen LogP) is 2.83. The number of ether oxygens (including phenoxy) is 1. The molecule has 0 unspecified atom stereocenters. The van der Waals surface area contributed by atoms with E-state index in [4.69, 9.17) is 16.3 Å². The molecule has 0 atom stereocenters. The minimum Gasteiger partial charge on any atom is -0.497 e. The molecule has 1 amide bonds. The number of anilines is 1. The molecule has 2 aromatic rings.